The van der Waals surface area contributed by atoms with Crippen molar-refractivity contribution in [3.05, 3.63) is 53.0 Å². The van der Waals surface area contributed by atoms with E-state index in [0.29, 0.717) is 29.4 Å². The number of methoxy groups -OCH3 is 1. The van der Waals surface area contributed by atoms with E-state index in [1.54, 1.807) is 31.4 Å². The van der Waals surface area contributed by atoms with Gasteiger partial charge < -0.3 is 14.9 Å². The van der Waals surface area contributed by atoms with Crippen molar-refractivity contribution < 1.29 is 13.9 Å². The topological polar surface area (TPSA) is 65.5 Å². The van der Waals surface area contributed by atoms with Crippen molar-refractivity contribution in [3.63, 3.8) is 0 Å². The predicted octanol–water partition coefficient (Wildman–Crippen LogP) is 2.55. The first-order valence-corrected chi connectivity index (χ1v) is 5.60. The number of nitrogens with two attached hydrogens (primary N) is 1. The van der Waals surface area contributed by atoms with Gasteiger partial charge in [0.2, 0.25) is 5.78 Å². The number of rotatable bonds is 4. The molecule has 0 saturated carbocycles. The smallest absolute Gasteiger partial charge is 0.228 e. The molecule has 0 amide bonds. The van der Waals surface area contributed by atoms with Gasteiger partial charge in [0, 0.05) is 18.4 Å². The molecule has 0 aliphatic carbocycles. The standard InChI is InChI=1S/C14H15NO3/c1-9-3-4-10(15)7-12(9)14(16)13-6-5-11(18-13)8-17-2/h3-7H,8,15H2,1-2H3. The number of benzene rings is 1. The molecular formula is C14H15NO3. The highest BCUT2D eigenvalue weighted by Crippen LogP contribution is 2.19. The summed E-state index contributed by atoms with van der Waals surface area (Å²) in [5, 5.41) is 0. The number of anilines is 1. The van der Waals surface area contributed by atoms with Crippen LogP contribution in [-0.2, 0) is 11.3 Å². The molecule has 2 rings (SSSR count). The van der Waals surface area contributed by atoms with Gasteiger partial charge in [0.25, 0.3) is 0 Å². The first-order chi connectivity index (χ1) is 8.61. The van der Waals surface area contributed by atoms with E-state index in [1.807, 2.05) is 13.0 Å². The van der Waals surface area contributed by atoms with Crippen LogP contribution in [0.4, 0.5) is 5.69 Å². The third-order valence-corrected chi connectivity index (χ3v) is 2.68. The average molecular weight is 245 g/mol. The first-order valence-electron chi connectivity index (χ1n) is 5.60. The van der Waals surface area contributed by atoms with Gasteiger partial charge >= 0.3 is 0 Å². The van der Waals surface area contributed by atoms with Crippen LogP contribution < -0.4 is 5.73 Å². The summed E-state index contributed by atoms with van der Waals surface area (Å²) in [6.07, 6.45) is 0. The zero-order chi connectivity index (χ0) is 13.1. The van der Waals surface area contributed by atoms with Crippen molar-refractivity contribution >= 4 is 11.5 Å². The van der Waals surface area contributed by atoms with E-state index in [-0.39, 0.29) is 5.78 Å². The van der Waals surface area contributed by atoms with Crippen LogP contribution in [-0.4, -0.2) is 12.9 Å². The number of hydrogen-bond donors (Lipinski definition) is 1. The Kier molecular flexibility index (Phi) is 3.48. The maximum atomic E-state index is 12.2. The monoisotopic (exact) mass is 245 g/mol. The predicted molar refractivity (Wildman–Crippen MR) is 68.4 cm³/mol. The van der Waals surface area contributed by atoms with E-state index in [4.69, 9.17) is 14.9 Å². The van der Waals surface area contributed by atoms with Crippen LogP contribution in [0, 0.1) is 6.92 Å². The summed E-state index contributed by atoms with van der Waals surface area (Å²) in [4.78, 5) is 12.2. The molecule has 4 heteroatoms. The van der Waals surface area contributed by atoms with Crippen molar-refractivity contribution in [2.24, 2.45) is 0 Å². The largest absolute Gasteiger partial charge is 0.455 e. The number of aryl methyl sites for hydroxylation is 1. The van der Waals surface area contributed by atoms with Crippen LogP contribution >= 0.6 is 0 Å². The minimum absolute atomic E-state index is 0.165. The van der Waals surface area contributed by atoms with Crippen LogP contribution in [0.3, 0.4) is 0 Å². The molecule has 0 spiro atoms. The minimum Gasteiger partial charge on any atom is -0.455 e. The molecule has 18 heavy (non-hydrogen) atoms. The van der Waals surface area contributed by atoms with Gasteiger partial charge in [-0.25, -0.2) is 0 Å². The summed E-state index contributed by atoms with van der Waals surface area (Å²) in [5.41, 5.74) is 7.69. The average Bonchev–Trinajstić information content (AvgIpc) is 2.80. The second kappa shape index (κ2) is 5.06. The lowest BCUT2D eigenvalue weighted by Crippen LogP contribution is -2.03. The third-order valence-electron chi connectivity index (χ3n) is 2.68. The second-order valence-corrected chi connectivity index (χ2v) is 4.10. The van der Waals surface area contributed by atoms with Gasteiger partial charge in [0.1, 0.15) is 12.4 Å². The molecule has 0 aliphatic rings. The summed E-state index contributed by atoms with van der Waals surface area (Å²) in [6.45, 7) is 2.22. The van der Waals surface area contributed by atoms with Gasteiger partial charge in [-0.3, -0.25) is 4.79 Å². The zero-order valence-corrected chi connectivity index (χ0v) is 10.4. The lowest BCUT2D eigenvalue weighted by Gasteiger charge is -2.04. The Morgan fingerprint density at radius 3 is 2.83 bits per heavy atom. The number of carbonyl (C=O) groups is 1. The van der Waals surface area contributed by atoms with Crippen molar-refractivity contribution in [1.82, 2.24) is 0 Å². The van der Waals surface area contributed by atoms with Gasteiger partial charge in [-0.05, 0) is 36.8 Å². The molecule has 0 atom stereocenters. The van der Waals surface area contributed by atoms with Gasteiger partial charge in [0.15, 0.2) is 5.76 Å². The Balaban J connectivity index is 2.32. The molecule has 0 aliphatic heterocycles. The van der Waals surface area contributed by atoms with Crippen LogP contribution in [0.5, 0.6) is 0 Å². The number of ether oxygens (including phenoxy) is 1. The molecule has 1 heterocycles. The number of nitrogen functional groups attached to an aromatic ring is 1. The van der Waals surface area contributed by atoms with Crippen LogP contribution in [0.25, 0.3) is 0 Å². The van der Waals surface area contributed by atoms with Crippen LogP contribution in [0.2, 0.25) is 0 Å². The molecule has 2 aromatic rings. The molecule has 1 aromatic carbocycles. The highest BCUT2D eigenvalue weighted by atomic mass is 16.5. The summed E-state index contributed by atoms with van der Waals surface area (Å²) in [7, 11) is 1.58. The van der Waals surface area contributed by atoms with Gasteiger partial charge in [0.05, 0.1) is 0 Å². The number of carbonyl (C=O) groups excluding carboxylic acids is 1. The summed E-state index contributed by atoms with van der Waals surface area (Å²) in [5.74, 6) is 0.764. The molecule has 0 fully saturated rings. The first kappa shape index (κ1) is 12.4. The summed E-state index contributed by atoms with van der Waals surface area (Å²) >= 11 is 0. The number of ketones is 1. The molecule has 1 aromatic heterocycles. The Morgan fingerprint density at radius 2 is 2.11 bits per heavy atom. The third kappa shape index (κ3) is 2.43. The van der Waals surface area contributed by atoms with E-state index in [9.17, 15) is 4.79 Å². The van der Waals surface area contributed by atoms with Crippen molar-refractivity contribution in [2.75, 3.05) is 12.8 Å². The maximum absolute atomic E-state index is 12.2. The van der Waals surface area contributed by atoms with Crippen molar-refractivity contribution in [1.29, 1.82) is 0 Å². The zero-order valence-electron chi connectivity index (χ0n) is 10.4. The van der Waals surface area contributed by atoms with Crippen LogP contribution in [0.15, 0.2) is 34.7 Å². The molecule has 94 valence electrons. The number of hydrogen-bond acceptors (Lipinski definition) is 4. The molecule has 0 saturated heterocycles. The fourth-order valence-corrected chi connectivity index (χ4v) is 1.74. The molecule has 0 bridgehead atoms. The van der Waals surface area contributed by atoms with Gasteiger partial charge in [-0.1, -0.05) is 6.07 Å². The molecular weight excluding hydrogens is 230 g/mol. The summed E-state index contributed by atoms with van der Waals surface area (Å²) < 4.78 is 10.4. The Labute approximate surface area is 105 Å². The Morgan fingerprint density at radius 1 is 1.33 bits per heavy atom. The fourth-order valence-electron chi connectivity index (χ4n) is 1.74. The molecule has 4 nitrogen and oxygen atoms in total. The van der Waals surface area contributed by atoms with E-state index in [1.165, 1.54) is 0 Å². The van der Waals surface area contributed by atoms with Crippen molar-refractivity contribution in [3.8, 4) is 0 Å². The Hall–Kier alpha value is -2.07. The summed E-state index contributed by atoms with van der Waals surface area (Å²) in [6, 6.07) is 8.64. The van der Waals surface area contributed by atoms with E-state index in [0.717, 1.165) is 5.56 Å². The Bertz CT molecular complexity index is 572. The minimum atomic E-state index is -0.165. The molecule has 0 unspecified atom stereocenters. The maximum Gasteiger partial charge on any atom is 0.228 e. The van der Waals surface area contributed by atoms with E-state index >= 15 is 0 Å². The fraction of sp³-hybridized carbons (Fsp3) is 0.214. The SMILES string of the molecule is COCc1ccc(C(=O)c2cc(N)ccc2C)o1. The number of furan rings is 1. The van der Waals surface area contributed by atoms with E-state index < -0.39 is 0 Å². The highest BCUT2D eigenvalue weighted by molar-refractivity contribution is 6.08. The lowest BCUT2D eigenvalue weighted by molar-refractivity contribution is 0.0999. The van der Waals surface area contributed by atoms with Crippen molar-refractivity contribution in [2.45, 2.75) is 13.5 Å². The highest BCUT2D eigenvalue weighted by Gasteiger charge is 2.16. The second-order valence-electron chi connectivity index (χ2n) is 4.10. The van der Waals surface area contributed by atoms with Gasteiger partial charge in [-0.15, -0.1) is 0 Å². The normalized spacial score (nSPS) is 10.6. The lowest BCUT2D eigenvalue weighted by atomic mass is 10.0. The molecule has 2 N–H and O–H groups in total. The van der Waals surface area contributed by atoms with E-state index in [2.05, 4.69) is 0 Å². The quantitative estimate of drug-likeness (QED) is 0.664. The van der Waals surface area contributed by atoms with Crippen LogP contribution in [0.1, 0.15) is 27.4 Å². The molecule has 0 radical (unpaired) electrons. The van der Waals surface area contributed by atoms with Gasteiger partial charge in [-0.2, -0.15) is 0 Å².